The predicted octanol–water partition coefficient (Wildman–Crippen LogP) is 8.09. The third kappa shape index (κ3) is 6.70. The lowest BCUT2D eigenvalue weighted by atomic mass is 9.98. The van der Waals surface area contributed by atoms with Crippen LogP contribution in [0.4, 0.5) is 5.69 Å². The van der Waals surface area contributed by atoms with Crippen LogP contribution in [0, 0.1) is 13.8 Å². The summed E-state index contributed by atoms with van der Waals surface area (Å²) in [6.45, 7) is 17.2. The molecule has 0 radical (unpaired) electrons. The lowest BCUT2D eigenvalue weighted by molar-refractivity contribution is 0.297. The van der Waals surface area contributed by atoms with E-state index >= 15 is 0 Å². The zero-order valence-corrected chi connectivity index (χ0v) is 20.0. The molecule has 1 aromatic carbocycles. The predicted molar refractivity (Wildman–Crippen MR) is 128 cm³/mol. The van der Waals surface area contributed by atoms with E-state index in [0.29, 0.717) is 0 Å². The Morgan fingerprint density at radius 3 is 2.32 bits per heavy atom. The fourth-order valence-electron chi connectivity index (χ4n) is 2.99. The third-order valence-electron chi connectivity index (χ3n) is 5.13. The van der Waals surface area contributed by atoms with E-state index < -0.39 is 0 Å². The molecule has 154 valence electrons. The van der Waals surface area contributed by atoms with E-state index in [1.54, 1.807) is 7.11 Å². The molecule has 0 amide bonds. The van der Waals surface area contributed by atoms with Crippen molar-refractivity contribution < 1.29 is 4.74 Å². The number of aliphatic imine (C=N–C) groups is 1. The van der Waals surface area contributed by atoms with Crippen LogP contribution in [-0.2, 0) is 4.74 Å². The van der Waals surface area contributed by atoms with Crippen LogP contribution in [0.15, 0.2) is 57.3 Å². The van der Waals surface area contributed by atoms with Gasteiger partial charge in [0.15, 0.2) is 0 Å². The Kier molecular flexibility index (Phi) is 10.4. The topological polar surface area (TPSA) is 21.6 Å². The van der Waals surface area contributed by atoms with Gasteiger partial charge in [-0.25, -0.2) is 4.99 Å². The number of hydrogen-bond donors (Lipinski definition) is 0. The second kappa shape index (κ2) is 12.0. The molecule has 0 spiro atoms. The first-order valence-corrected chi connectivity index (χ1v) is 11.1. The average Bonchev–Trinajstić information content (AvgIpc) is 2.69. The quantitative estimate of drug-likeness (QED) is 0.191. The summed E-state index contributed by atoms with van der Waals surface area (Å²) in [5.74, 6) is 1.89. The van der Waals surface area contributed by atoms with Gasteiger partial charge in [0.25, 0.3) is 0 Å². The van der Waals surface area contributed by atoms with Gasteiger partial charge in [-0.3, -0.25) is 0 Å². The molecular formula is C25H37NOS. The third-order valence-corrected chi connectivity index (χ3v) is 6.28. The lowest BCUT2D eigenvalue weighted by Gasteiger charge is -2.17. The first-order valence-electron chi connectivity index (χ1n) is 10.1. The minimum absolute atomic E-state index is 0.910. The molecule has 0 saturated heterocycles. The fourth-order valence-corrected chi connectivity index (χ4v) is 4.13. The molecule has 0 heterocycles. The molecule has 0 aliphatic heterocycles. The SMILES string of the molecule is C/C=C(C)\C(OC)=C(\C)C(CSC(CC)=Nc1cc(C)ccc1C)=C(C)CC. The van der Waals surface area contributed by atoms with Crippen molar-refractivity contribution in [1.29, 1.82) is 0 Å². The maximum Gasteiger partial charge on any atom is 0.124 e. The van der Waals surface area contributed by atoms with Crippen LogP contribution in [0.25, 0.3) is 0 Å². The first kappa shape index (κ1) is 24.3. The zero-order valence-electron chi connectivity index (χ0n) is 19.2. The summed E-state index contributed by atoms with van der Waals surface area (Å²) in [5.41, 5.74) is 8.73. The summed E-state index contributed by atoms with van der Waals surface area (Å²) < 4.78 is 5.74. The van der Waals surface area contributed by atoms with Crippen LogP contribution in [-0.4, -0.2) is 17.9 Å². The number of aryl methyl sites for hydroxylation is 2. The van der Waals surface area contributed by atoms with E-state index in [9.17, 15) is 0 Å². The Bertz CT molecular complexity index is 797. The Morgan fingerprint density at radius 1 is 1.11 bits per heavy atom. The summed E-state index contributed by atoms with van der Waals surface area (Å²) in [7, 11) is 1.76. The highest BCUT2D eigenvalue weighted by Gasteiger charge is 2.13. The highest BCUT2D eigenvalue weighted by atomic mass is 32.2. The smallest absolute Gasteiger partial charge is 0.124 e. The Hall–Kier alpha value is -1.74. The maximum atomic E-state index is 5.74. The normalized spacial score (nSPS) is 14.6. The largest absolute Gasteiger partial charge is 0.496 e. The number of hydrogen-bond acceptors (Lipinski definition) is 3. The van der Waals surface area contributed by atoms with Crippen LogP contribution in [0.3, 0.4) is 0 Å². The van der Waals surface area contributed by atoms with E-state index in [4.69, 9.17) is 9.73 Å². The summed E-state index contributed by atoms with van der Waals surface area (Å²) in [5, 5.41) is 1.17. The molecule has 0 aliphatic carbocycles. The van der Waals surface area contributed by atoms with Gasteiger partial charge in [-0.2, -0.15) is 0 Å². The lowest BCUT2D eigenvalue weighted by Crippen LogP contribution is -2.03. The van der Waals surface area contributed by atoms with Gasteiger partial charge in [0, 0.05) is 5.75 Å². The van der Waals surface area contributed by atoms with E-state index in [1.165, 1.54) is 38.5 Å². The molecule has 0 bridgehead atoms. The summed E-state index contributed by atoms with van der Waals surface area (Å²) in [6.07, 6.45) is 4.08. The fraction of sp³-hybridized carbons (Fsp3) is 0.480. The minimum atomic E-state index is 0.910. The van der Waals surface area contributed by atoms with Crippen molar-refractivity contribution in [2.75, 3.05) is 12.9 Å². The van der Waals surface area contributed by atoms with Crippen LogP contribution in [0.1, 0.15) is 65.5 Å². The summed E-state index contributed by atoms with van der Waals surface area (Å²) >= 11 is 1.84. The molecule has 0 atom stereocenters. The van der Waals surface area contributed by atoms with E-state index in [-0.39, 0.29) is 0 Å². The molecule has 0 N–H and O–H groups in total. The second-order valence-electron chi connectivity index (χ2n) is 7.18. The monoisotopic (exact) mass is 399 g/mol. The van der Waals surface area contributed by atoms with Crippen molar-refractivity contribution in [3.8, 4) is 0 Å². The van der Waals surface area contributed by atoms with E-state index in [1.807, 2.05) is 11.8 Å². The van der Waals surface area contributed by atoms with Crippen molar-refractivity contribution >= 4 is 22.5 Å². The molecule has 1 aromatic rings. The summed E-state index contributed by atoms with van der Waals surface area (Å²) in [4.78, 5) is 4.97. The Balaban J connectivity index is 3.23. The number of allylic oxidation sites excluding steroid dienone is 4. The molecular weight excluding hydrogens is 362 g/mol. The highest BCUT2D eigenvalue weighted by Crippen LogP contribution is 2.30. The van der Waals surface area contributed by atoms with Gasteiger partial charge in [0.05, 0.1) is 17.8 Å². The van der Waals surface area contributed by atoms with Crippen LogP contribution in [0.2, 0.25) is 0 Å². The standard InChI is InChI=1S/C25H37NOS/c1-10-18(5)22(21(8)25(27-9)19(6)11-2)16-28-24(12-3)26-23-15-17(4)13-14-20(23)7/h11,13-15H,10,12,16H2,1-9H3/b19-11-,22-18?,25-21+,26-24?. The van der Waals surface area contributed by atoms with Gasteiger partial charge < -0.3 is 4.74 Å². The number of thioether (sulfide) groups is 1. The van der Waals surface area contributed by atoms with Gasteiger partial charge >= 0.3 is 0 Å². The molecule has 0 fully saturated rings. The van der Waals surface area contributed by atoms with Gasteiger partial charge in [0.2, 0.25) is 0 Å². The van der Waals surface area contributed by atoms with Gasteiger partial charge in [-0.15, -0.1) is 11.8 Å². The number of ether oxygens (including phenoxy) is 1. The molecule has 28 heavy (non-hydrogen) atoms. The molecule has 0 aliphatic rings. The minimum Gasteiger partial charge on any atom is -0.496 e. The van der Waals surface area contributed by atoms with E-state index in [2.05, 4.69) is 79.7 Å². The molecule has 0 saturated carbocycles. The Morgan fingerprint density at radius 2 is 1.79 bits per heavy atom. The molecule has 0 unspecified atom stereocenters. The van der Waals surface area contributed by atoms with Gasteiger partial charge in [0.1, 0.15) is 5.76 Å². The van der Waals surface area contributed by atoms with E-state index in [0.717, 1.165) is 30.0 Å². The van der Waals surface area contributed by atoms with Crippen LogP contribution in [0.5, 0.6) is 0 Å². The van der Waals surface area contributed by atoms with Gasteiger partial charge in [-0.05, 0) is 88.3 Å². The average molecular weight is 400 g/mol. The number of methoxy groups -OCH3 is 1. The van der Waals surface area contributed by atoms with Crippen molar-refractivity contribution in [3.05, 3.63) is 63.5 Å². The second-order valence-corrected chi connectivity index (χ2v) is 8.23. The number of nitrogens with zero attached hydrogens (tertiary/aromatic N) is 1. The van der Waals surface area contributed by atoms with Crippen molar-refractivity contribution in [2.45, 2.75) is 68.2 Å². The molecule has 1 rings (SSSR count). The number of benzene rings is 1. The highest BCUT2D eigenvalue weighted by molar-refractivity contribution is 8.14. The van der Waals surface area contributed by atoms with Crippen LogP contribution >= 0.6 is 11.8 Å². The first-order chi connectivity index (χ1) is 13.3. The molecule has 0 aromatic heterocycles. The molecule has 3 heteroatoms. The summed E-state index contributed by atoms with van der Waals surface area (Å²) in [6, 6.07) is 6.46. The van der Waals surface area contributed by atoms with Gasteiger partial charge in [-0.1, -0.05) is 37.6 Å². The van der Waals surface area contributed by atoms with Crippen LogP contribution < -0.4 is 0 Å². The maximum absolute atomic E-state index is 5.74. The number of rotatable bonds is 8. The Labute approximate surface area is 176 Å². The molecule has 2 nitrogen and oxygen atoms in total. The van der Waals surface area contributed by atoms with Crippen molar-refractivity contribution in [3.63, 3.8) is 0 Å². The van der Waals surface area contributed by atoms with Crippen molar-refractivity contribution in [2.24, 2.45) is 4.99 Å². The van der Waals surface area contributed by atoms with Crippen molar-refractivity contribution in [1.82, 2.24) is 0 Å². The zero-order chi connectivity index (χ0) is 21.3.